The van der Waals surface area contributed by atoms with Gasteiger partial charge in [-0.15, -0.1) is 0 Å². The number of phenols is 1. The van der Waals surface area contributed by atoms with Gasteiger partial charge in [0.1, 0.15) is 11.7 Å². The van der Waals surface area contributed by atoms with Crippen LogP contribution in [0, 0.1) is 5.92 Å². The number of carbonyl (C=O) groups is 2. The van der Waals surface area contributed by atoms with Crippen molar-refractivity contribution < 1.29 is 14.7 Å². The van der Waals surface area contributed by atoms with Crippen LogP contribution in [0.4, 0.5) is 5.69 Å². The van der Waals surface area contributed by atoms with Crippen molar-refractivity contribution in [3.05, 3.63) is 60.2 Å². The van der Waals surface area contributed by atoms with Crippen LogP contribution < -0.4 is 16.2 Å². The van der Waals surface area contributed by atoms with Gasteiger partial charge in [0.25, 0.3) is 0 Å². The van der Waals surface area contributed by atoms with E-state index in [9.17, 15) is 14.7 Å². The lowest BCUT2D eigenvalue weighted by atomic mass is 9.93. The summed E-state index contributed by atoms with van der Waals surface area (Å²) in [4.78, 5) is 24.4. The molecule has 0 radical (unpaired) electrons. The van der Waals surface area contributed by atoms with E-state index in [0.717, 1.165) is 0 Å². The molecule has 4 N–H and O–H groups in total. The predicted molar refractivity (Wildman–Crippen MR) is 80.7 cm³/mol. The first-order valence-corrected chi connectivity index (χ1v) is 6.86. The third kappa shape index (κ3) is 2.64. The fourth-order valence-corrected chi connectivity index (χ4v) is 2.48. The molecule has 6 nitrogen and oxygen atoms in total. The highest BCUT2D eigenvalue weighted by molar-refractivity contribution is 6.08. The molecule has 2 atom stereocenters. The van der Waals surface area contributed by atoms with Crippen LogP contribution >= 0.6 is 0 Å². The van der Waals surface area contributed by atoms with Gasteiger partial charge in [-0.3, -0.25) is 15.0 Å². The van der Waals surface area contributed by atoms with Crippen LogP contribution in [0.5, 0.6) is 5.75 Å². The zero-order valence-electron chi connectivity index (χ0n) is 11.6. The Morgan fingerprint density at radius 2 is 1.73 bits per heavy atom. The van der Waals surface area contributed by atoms with Crippen molar-refractivity contribution in [2.24, 2.45) is 5.92 Å². The molecule has 0 aliphatic carbocycles. The van der Waals surface area contributed by atoms with Gasteiger partial charge < -0.3 is 10.4 Å². The Hall–Kier alpha value is -2.86. The first kappa shape index (κ1) is 14.1. The monoisotopic (exact) mass is 297 g/mol. The van der Waals surface area contributed by atoms with Gasteiger partial charge in [0.15, 0.2) is 0 Å². The highest BCUT2D eigenvalue weighted by atomic mass is 16.3. The first-order valence-electron chi connectivity index (χ1n) is 6.86. The van der Waals surface area contributed by atoms with Crippen molar-refractivity contribution >= 4 is 17.5 Å². The molecule has 0 aromatic heterocycles. The number of aromatic hydroxyl groups is 1. The number of para-hydroxylation sites is 2. The molecule has 2 amide bonds. The smallest absolute Gasteiger partial charge is 0.248 e. The van der Waals surface area contributed by atoms with Crippen molar-refractivity contribution in [1.29, 1.82) is 0 Å². The van der Waals surface area contributed by atoms with Gasteiger partial charge in [-0.1, -0.05) is 36.4 Å². The van der Waals surface area contributed by atoms with Gasteiger partial charge >= 0.3 is 0 Å². The van der Waals surface area contributed by atoms with Crippen LogP contribution in [-0.4, -0.2) is 16.9 Å². The minimum absolute atomic E-state index is 0.0361. The molecule has 1 aliphatic heterocycles. The van der Waals surface area contributed by atoms with Crippen LogP contribution in [0.3, 0.4) is 0 Å². The molecule has 0 saturated carbocycles. The van der Waals surface area contributed by atoms with Gasteiger partial charge in [0.2, 0.25) is 11.8 Å². The number of phenolic OH excluding ortho intramolecular Hbond substituents is 1. The van der Waals surface area contributed by atoms with Crippen molar-refractivity contribution in [3.63, 3.8) is 0 Å². The quantitative estimate of drug-likeness (QED) is 0.643. The zero-order valence-corrected chi connectivity index (χ0v) is 11.6. The summed E-state index contributed by atoms with van der Waals surface area (Å²) in [7, 11) is 0. The number of hydrazine groups is 1. The van der Waals surface area contributed by atoms with E-state index in [0.29, 0.717) is 11.3 Å². The van der Waals surface area contributed by atoms with Crippen molar-refractivity contribution in [2.45, 2.75) is 6.04 Å². The average Bonchev–Trinajstić information content (AvgIpc) is 2.90. The highest BCUT2D eigenvalue weighted by Crippen LogP contribution is 2.32. The summed E-state index contributed by atoms with van der Waals surface area (Å²) in [6.07, 6.45) is 0. The van der Waals surface area contributed by atoms with Crippen molar-refractivity contribution in [3.8, 4) is 5.75 Å². The Labute approximate surface area is 127 Å². The second-order valence-corrected chi connectivity index (χ2v) is 5.00. The third-order valence-corrected chi connectivity index (χ3v) is 3.56. The molecule has 22 heavy (non-hydrogen) atoms. The first-order chi connectivity index (χ1) is 10.7. The molecule has 1 heterocycles. The highest BCUT2D eigenvalue weighted by Gasteiger charge is 2.42. The van der Waals surface area contributed by atoms with Gasteiger partial charge in [0.05, 0.1) is 6.04 Å². The average molecular weight is 297 g/mol. The summed E-state index contributed by atoms with van der Waals surface area (Å²) in [5.41, 5.74) is 6.32. The van der Waals surface area contributed by atoms with E-state index in [1.807, 2.05) is 6.07 Å². The van der Waals surface area contributed by atoms with E-state index in [1.165, 1.54) is 6.07 Å². The third-order valence-electron chi connectivity index (χ3n) is 3.56. The summed E-state index contributed by atoms with van der Waals surface area (Å²) >= 11 is 0. The molecule has 3 rings (SSSR count). The number of hydrogen-bond acceptors (Lipinski definition) is 4. The topological polar surface area (TPSA) is 90.5 Å². The molecule has 2 aromatic rings. The Morgan fingerprint density at radius 1 is 1.05 bits per heavy atom. The predicted octanol–water partition coefficient (Wildman–Crippen LogP) is 1.32. The summed E-state index contributed by atoms with van der Waals surface area (Å²) in [5.74, 6) is -1.79. The van der Waals surface area contributed by atoms with Crippen LogP contribution in [0.15, 0.2) is 54.6 Å². The molecule has 2 aromatic carbocycles. The summed E-state index contributed by atoms with van der Waals surface area (Å²) in [6, 6.07) is 14.9. The summed E-state index contributed by atoms with van der Waals surface area (Å²) in [6.45, 7) is 0. The number of anilines is 1. The van der Waals surface area contributed by atoms with E-state index in [1.54, 1.807) is 42.5 Å². The molecule has 0 spiro atoms. The normalized spacial score (nSPS) is 20.5. The fourth-order valence-electron chi connectivity index (χ4n) is 2.48. The molecule has 0 bridgehead atoms. The molecular weight excluding hydrogens is 282 g/mol. The van der Waals surface area contributed by atoms with Crippen LogP contribution in [0.25, 0.3) is 0 Å². The van der Waals surface area contributed by atoms with E-state index in [2.05, 4.69) is 16.2 Å². The Balaban J connectivity index is 1.85. The molecule has 0 unspecified atom stereocenters. The molecule has 1 aliphatic rings. The second kappa shape index (κ2) is 5.87. The number of amides is 2. The molecule has 112 valence electrons. The Morgan fingerprint density at radius 3 is 2.45 bits per heavy atom. The van der Waals surface area contributed by atoms with E-state index in [4.69, 9.17) is 0 Å². The Bertz CT molecular complexity index is 703. The van der Waals surface area contributed by atoms with Gasteiger partial charge in [-0.2, -0.15) is 0 Å². The maximum atomic E-state index is 12.4. The van der Waals surface area contributed by atoms with Gasteiger partial charge in [-0.05, 0) is 18.2 Å². The van der Waals surface area contributed by atoms with Crippen molar-refractivity contribution in [1.82, 2.24) is 10.9 Å². The largest absolute Gasteiger partial charge is 0.508 e. The number of nitrogens with one attached hydrogen (secondary N) is 3. The number of hydrogen-bond donors (Lipinski definition) is 4. The minimum Gasteiger partial charge on any atom is -0.508 e. The van der Waals surface area contributed by atoms with E-state index in [-0.39, 0.29) is 5.75 Å². The Kier molecular flexibility index (Phi) is 3.76. The standard InChI is InChI=1S/C16H15N3O3/c20-12-9-5-4-8-11(12)14-13(16(22)19-18-14)15(21)17-10-6-2-1-3-7-10/h1-9,13-14,18,20H,(H,17,21)(H,19,22)/t13-,14-/m1/s1. The van der Waals surface area contributed by atoms with E-state index >= 15 is 0 Å². The SMILES string of the molecule is O=C1NN[C@H](c2ccccc2O)[C@@H]1C(=O)Nc1ccccc1. The fraction of sp³-hybridized carbons (Fsp3) is 0.125. The van der Waals surface area contributed by atoms with Crippen LogP contribution in [0.1, 0.15) is 11.6 Å². The maximum Gasteiger partial charge on any atom is 0.248 e. The lowest BCUT2D eigenvalue weighted by Gasteiger charge is -2.17. The lowest BCUT2D eigenvalue weighted by molar-refractivity contribution is -0.130. The zero-order chi connectivity index (χ0) is 15.5. The number of benzene rings is 2. The maximum absolute atomic E-state index is 12.4. The second-order valence-electron chi connectivity index (χ2n) is 5.00. The lowest BCUT2D eigenvalue weighted by Crippen LogP contribution is -2.32. The van der Waals surface area contributed by atoms with Gasteiger partial charge in [-0.25, -0.2) is 5.43 Å². The van der Waals surface area contributed by atoms with Crippen LogP contribution in [-0.2, 0) is 9.59 Å². The molecule has 1 fully saturated rings. The molecule has 6 heteroatoms. The van der Waals surface area contributed by atoms with E-state index < -0.39 is 23.8 Å². The van der Waals surface area contributed by atoms with Crippen LogP contribution in [0.2, 0.25) is 0 Å². The van der Waals surface area contributed by atoms with Crippen molar-refractivity contribution in [2.75, 3.05) is 5.32 Å². The number of rotatable bonds is 3. The molecule has 1 saturated heterocycles. The summed E-state index contributed by atoms with van der Waals surface area (Å²) in [5, 5.41) is 12.6. The van der Waals surface area contributed by atoms with Gasteiger partial charge in [0, 0.05) is 11.3 Å². The number of carbonyl (C=O) groups excluding carboxylic acids is 2. The summed E-state index contributed by atoms with van der Waals surface area (Å²) < 4.78 is 0. The minimum atomic E-state index is -0.964. The molecular formula is C16H15N3O3.